The van der Waals surface area contributed by atoms with Crippen LogP contribution in [0.5, 0.6) is 0 Å². The van der Waals surface area contributed by atoms with Crippen LogP contribution in [0.3, 0.4) is 0 Å². The number of aliphatic hydroxyl groups excluding tert-OH is 1. The minimum atomic E-state index is -4.96. The summed E-state index contributed by atoms with van der Waals surface area (Å²) < 4.78 is 68.6. The number of carbonyl (C=O) groups is 4. The predicted molar refractivity (Wildman–Crippen MR) is 404 cm³/mol. The molecule has 0 radical (unpaired) electrons. The van der Waals surface area contributed by atoms with E-state index in [9.17, 15) is 43.2 Å². The van der Waals surface area contributed by atoms with Gasteiger partial charge in [0.25, 0.3) is 0 Å². The fourth-order valence-electron chi connectivity index (χ4n) is 12.3. The summed E-state index contributed by atoms with van der Waals surface area (Å²) in [6.45, 7) is 14.2. The van der Waals surface area contributed by atoms with Gasteiger partial charge in [0.2, 0.25) is 0 Å². The number of esters is 4. The van der Waals surface area contributed by atoms with Crippen LogP contribution in [0.15, 0.2) is 0 Å². The van der Waals surface area contributed by atoms with E-state index in [2.05, 4.69) is 55.4 Å². The fourth-order valence-corrected chi connectivity index (χ4v) is 13.8. The third-order valence-electron chi connectivity index (χ3n) is 18.6. The molecule has 0 spiro atoms. The van der Waals surface area contributed by atoms with Crippen LogP contribution < -0.4 is 0 Å². The van der Waals surface area contributed by atoms with E-state index < -0.39 is 97.5 Å². The number of ether oxygens (including phenoxy) is 4. The van der Waals surface area contributed by atoms with Gasteiger partial charge in [0.05, 0.1) is 26.4 Å². The molecule has 3 unspecified atom stereocenters. The van der Waals surface area contributed by atoms with E-state index in [1.165, 1.54) is 212 Å². The van der Waals surface area contributed by atoms with Gasteiger partial charge in [0.1, 0.15) is 19.3 Å². The maximum Gasteiger partial charge on any atom is 0.472 e. The smallest absolute Gasteiger partial charge is 0.462 e. The van der Waals surface area contributed by atoms with Crippen molar-refractivity contribution >= 4 is 39.5 Å². The molecule has 0 aliphatic heterocycles. The number of rotatable bonds is 77. The maximum absolute atomic E-state index is 13.1. The zero-order valence-corrected chi connectivity index (χ0v) is 66.9. The highest BCUT2D eigenvalue weighted by atomic mass is 31.2. The highest BCUT2D eigenvalue weighted by Gasteiger charge is 2.30. The molecule has 0 aliphatic rings. The third kappa shape index (κ3) is 74.1. The Bertz CT molecular complexity index is 1940. The van der Waals surface area contributed by atoms with Gasteiger partial charge in [-0.05, 0) is 49.4 Å². The van der Waals surface area contributed by atoms with Crippen molar-refractivity contribution < 1.29 is 80.2 Å². The fraction of sp³-hybridized carbons (Fsp3) is 0.950. The van der Waals surface area contributed by atoms with Crippen LogP contribution in [0.25, 0.3) is 0 Å². The topological polar surface area (TPSA) is 237 Å². The summed E-state index contributed by atoms with van der Waals surface area (Å²) in [5, 5.41) is 10.6. The van der Waals surface area contributed by atoms with Crippen molar-refractivity contribution in [2.75, 3.05) is 39.6 Å². The van der Waals surface area contributed by atoms with Crippen LogP contribution in [0.2, 0.25) is 0 Å². The van der Waals surface area contributed by atoms with Crippen LogP contribution >= 0.6 is 15.6 Å². The second kappa shape index (κ2) is 69.1. The molecule has 0 fully saturated rings. The van der Waals surface area contributed by atoms with E-state index in [0.29, 0.717) is 31.6 Å². The van der Waals surface area contributed by atoms with Crippen LogP contribution in [0.1, 0.15) is 409 Å². The molecule has 5 atom stereocenters. The van der Waals surface area contributed by atoms with Crippen LogP contribution in [-0.4, -0.2) is 96.7 Å². The minimum absolute atomic E-state index is 0.103. The molecule has 3 N–H and O–H groups in total. The molecule has 0 aromatic rings. The van der Waals surface area contributed by atoms with E-state index in [1.54, 1.807) is 0 Å². The quantitative estimate of drug-likeness (QED) is 0.0222. The number of phosphoric acid groups is 2. The predicted octanol–water partition coefficient (Wildman–Crippen LogP) is 23.6. The molecule has 0 saturated heterocycles. The van der Waals surface area contributed by atoms with Gasteiger partial charge in [0, 0.05) is 25.7 Å². The van der Waals surface area contributed by atoms with Crippen LogP contribution in [0, 0.1) is 23.7 Å². The lowest BCUT2D eigenvalue weighted by molar-refractivity contribution is -0.161. The first-order valence-corrected chi connectivity index (χ1v) is 44.2. The lowest BCUT2D eigenvalue weighted by atomic mass is 10.0. The van der Waals surface area contributed by atoms with Gasteiger partial charge in [-0.1, -0.05) is 357 Å². The molecular formula is C80H156O17P2. The molecule has 99 heavy (non-hydrogen) atoms. The Morgan fingerprint density at radius 2 is 0.424 bits per heavy atom. The van der Waals surface area contributed by atoms with E-state index in [1.807, 2.05) is 0 Å². The lowest BCUT2D eigenvalue weighted by Gasteiger charge is -2.21. The van der Waals surface area contributed by atoms with Crippen molar-refractivity contribution in [1.29, 1.82) is 0 Å². The number of unbranched alkanes of at least 4 members (excludes halogenated alkanes) is 43. The molecule has 0 aliphatic carbocycles. The molecule has 0 heterocycles. The lowest BCUT2D eigenvalue weighted by Crippen LogP contribution is -2.30. The summed E-state index contributed by atoms with van der Waals surface area (Å²) in [5.74, 6) is 0.923. The molecule has 0 saturated carbocycles. The van der Waals surface area contributed by atoms with Crippen molar-refractivity contribution in [3.05, 3.63) is 0 Å². The summed E-state index contributed by atoms with van der Waals surface area (Å²) >= 11 is 0. The molecule has 0 bridgehead atoms. The van der Waals surface area contributed by atoms with Crippen LogP contribution in [0.4, 0.5) is 0 Å². The first-order valence-electron chi connectivity index (χ1n) is 41.2. The zero-order valence-electron chi connectivity index (χ0n) is 65.1. The third-order valence-corrected chi connectivity index (χ3v) is 20.5. The maximum atomic E-state index is 13.1. The first kappa shape index (κ1) is 97.1. The van der Waals surface area contributed by atoms with Gasteiger partial charge < -0.3 is 33.8 Å². The monoisotopic (exact) mass is 1450 g/mol. The van der Waals surface area contributed by atoms with E-state index in [4.69, 9.17) is 37.0 Å². The summed E-state index contributed by atoms with van der Waals surface area (Å²) in [6, 6.07) is 0. The second-order valence-corrected chi connectivity index (χ2v) is 33.6. The number of carbonyl (C=O) groups excluding carboxylic acids is 4. The first-order chi connectivity index (χ1) is 47.6. The summed E-state index contributed by atoms with van der Waals surface area (Å²) in [5.41, 5.74) is 0. The Morgan fingerprint density at radius 1 is 0.253 bits per heavy atom. The Balaban J connectivity index is 5.21. The zero-order chi connectivity index (χ0) is 73.1. The Morgan fingerprint density at radius 3 is 0.626 bits per heavy atom. The molecule has 0 amide bonds. The molecule has 0 aromatic heterocycles. The van der Waals surface area contributed by atoms with Crippen molar-refractivity contribution in [2.24, 2.45) is 23.7 Å². The van der Waals surface area contributed by atoms with Gasteiger partial charge in [-0.15, -0.1) is 0 Å². The van der Waals surface area contributed by atoms with E-state index >= 15 is 0 Å². The van der Waals surface area contributed by atoms with Crippen molar-refractivity contribution in [2.45, 2.75) is 427 Å². The molecular weight excluding hydrogens is 1290 g/mol. The number of phosphoric ester groups is 2. The van der Waals surface area contributed by atoms with Gasteiger partial charge in [-0.25, -0.2) is 9.13 Å². The van der Waals surface area contributed by atoms with Crippen molar-refractivity contribution in [1.82, 2.24) is 0 Å². The second-order valence-electron chi connectivity index (χ2n) is 30.7. The molecule has 19 heteroatoms. The van der Waals surface area contributed by atoms with Crippen molar-refractivity contribution in [3.63, 3.8) is 0 Å². The van der Waals surface area contributed by atoms with E-state index in [-0.39, 0.29) is 25.7 Å². The Kier molecular flexibility index (Phi) is 67.8. The number of aliphatic hydroxyl groups is 1. The summed E-state index contributed by atoms with van der Waals surface area (Å²) in [6.07, 6.45) is 55.8. The van der Waals surface area contributed by atoms with Crippen LogP contribution in [-0.2, 0) is 65.4 Å². The largest absolute Gasteiger partial charge is 0.472 e. The normalized spacial score (nSPS) is 14.1. The highest BCUT2D eigenvalue weighted by molar-refractivity contribution is 7.47. The Hall–Kier alpha value is -1.94. The summed E-state index contributed by atoms with van der Waals surface area (Å²) in [7, 11) is -9.92. The SMILES string of the molecule is CC(C)CCCCCCCCCCCCCCCCCCCCC(=O)O[C@H](COC(=O)CCCCCCCCCCCCCCCCC(C)C)COP(=O)(O)OCC(O)COP(=O)(O)OC[C@@H](COC(=O)CCCCCCCCCCC(C)C)OC(=O)CCCCCCCCCC(C)C. The van der Waals surface area contributed by atoms with Gasteiger partial charge in [-0.2, -0.15) is 0 Å². The number of hydrogen-bond donors (Lipinski definition) is 3. The van der Waals surface area contributed by atoms with Gasteiger partial charge >= 0.3 is 39.5 Å². The molecule has 0 aromatic carbocycles. The summed E-state index contributed by atoms with van der Waals surface area (Å²) in [4.78, 5) is 72.9. The van der Waals surface area contributed by atoms with E-state index in [0.717, 1.165) is 108 Å². The molecule has 17 nitrogen and oxygen atoms in total. The molecule has 588 valence electrons. The Labute approximate surface area is 607 Å². The van der Waals surface area contributed by atoms with Gasteiger partial charge in [-0.3, -0.25) is 37.3 Å². The minimum Gasteiger partial charge on any atom is -0.462 e. The average molecular weight is 1450 g/mol. The molecule has 0 rings (SSSR count). The average Bonchev–Trinajstić information content (AvgIpc) is 1.14. The number of hydrogen-bond acceptors (Lipinski definition) is 15. The highest BCUT2D eigenvalue weighted by Crippen LogP contribution is 2.45. The standard InChI is InChI=1S/C80H156O17P2/c1-70(2)56-48-40-32-25-21-17-13-11-9-10-12-14-20-24-28-38-46-54-62-79(84)96-75(66-90-77(82)60-52-44-36-27-23-19-16-15-18-22-26-33-41-49-57-71(3)4)68-94-98(86,87)92-64-74(81)65-93-99(88,89)95-69-76(97-80(85)63-55-47-39-31-35-43-51-59-73(7)8)67-91-78(83)61-53-45-37-30-29-34-42-50-58-72(5)6/h70-76,81H,9-69H2,1-8H3,(H,86,87)(H,88,89)/t74?,75-,76-/m1/s1. The van der Waals surface area contributed by atoms with Gasteiger partial charge in [0.15, 0.2) is 12.2 Å². The van der Waals surface area contributed by atoms with Crippen molar-refractivity contribution in [3.8, 4) is 0 Å².